The van der Waals surface area contributed by atoms with Crippen molar-refractivity contribution in [2.24, 2.45) is 0 Å². The zero-order valence-corrected chi connectivity index (χ0v) is 17.1. The van der Waals surface area contributed by atoms with Gasteiger partial charge in [0, 0.05) is 18.2 Å². The highest BCUT2D eigenvalue weighted by Crippen LogP contribution is 2.23. The van der Waals surface area contributed by atoms with Gasteiger partial charge in [0.1, 0.15) is 0 Å². The summed E-state index contributed by atoms with van der Waals surface area (Å²) in [6.45, 7) is 10.9. The highest BCUT2D eigenvalue weighted by Gasteiger charge is 2.14. The Balaban J connectivity index is 2.37. The maximum atomic E-state index is 8.77. The number of likely N-dealkylation sites (N-methyl/N-ethyl adjacent to an activating group) is 1. The van der Waals surface area contributed by atoms with Crippen molar-refractivity contribution in [2.75, 3.05) is 13.6 Å². The lowest BCUT2D eigenvalue weighted by Crippen LogP contribution is -2.33. The van der Waals surface area contributed by atoms with Crippen LogP contribution in [0.25, 0.3) is 5.57 Å². The topological polar surface area (TPSA) is 27.1 Å². The number of nitrogens with one attached hydrogen (secondary N) is 1. The Kier molecular flexibility index (Phi) is 7.75. The van der Waals surface area contributed by atoms with Gasteiger partial charge in [-0.05, 0) is 62.1 Å². The summed E-state index contributed by atoms with van der Waals surface area (Å²) in [6.07, 6.45) is 6.04. The van der Waals surface area contributed by atoms with Crippen LogP contribution in [0.2, 0.25) is 0 Å². The molecule has 0 heterocycles. The molecule has 0 aliphatic rings. The molecule has 0 saturated carbocycles. The van der Waals surface area contributed by atoms with Gasteiger partial charge in [-0.3, -0.25) is 4.90 Å². The van der Waals surface area contributed by atoms with Crippen LogP contribution in [0.3, 0.4) is 0 Å². The highest BCUT2D eigenvalue weighted by molar-refractivity contribution is 6.03. The van der Waals surface area contributed by atoms with Crippen LogP contribution < -0.4 is 0 Å². The molecule has 0 bridgehead atoms. The molecule has 0 aromatic heterocycles. The molecule has 2 aromatic rings. The van der Waals surface area contributed by atoms with Crippen molar-refractivity contribution in [1.82, 2.24) is 4.90 Å². The molecule has 0 aliphatic carbocycles. The molecular formula is C25H32N2. The van der Waals surface area contributed by atoms with Crippen molar-refractivity contribution in [3.8, 4) is 0 Å². The summed E-state index contributed by atoms with van der Waals surface area (Å²) in [5.41, 5.74) is 6.63. The van der Waals surface area contributed by atoms with Crippen LogP contribution in [0, 0.1) is 5.41 Å². The summed E-state index contributed by atoms with van der Waals surface area (Å²) < 4.78 is 0. The minimum Gasteiger partial charge on any atom is -0.303 e. The first kappa shape index (κ1) is 20.9. The van der Waals surface area contributed by atoms with Crippen molar-refractivity contribution in [2.45, 2.75) is 39.7 Å². The smallest absolute Gasteiger partial charge is 0.0532 e. The fraction of sp³-hybridized carbons (Fsp3) is 0.320. The summed E-state index contributed by atoms with van der Waals surface area (Å²) in [7, 11) is 2.04. The van der Waals surface area contributed by atoms with Crippen LogP contribution >= 0.6 is 0 Å². The Bertz CT molecular complexity index is 802. The van der Waals surface area contributed by atoms with Crippen molar-refractivity contribution in [1.29, 1.82) is 5.41 Å². The van der Waals surface area contributed by atoms with E-state index in [1.54, 1.807) is 0 Å². The molecule has 142 valence electrons. The van der Waals surface area contributed by atoms with Gasteiger partial charge < -0.3 is 5.41 Å². The summed E-state index contributed by atoms with van der Waals surface area (Å²) in [5.74, 6) is 0. The first-order chi connectivity index (χ1) is 13.0. The van der Waals surface area contributed by atoms with Crippen LogP contribution in [-0.4, -0.2) is 30.2 Å². The molecule has 2 aromatic carbocycles. The number of benzene rings is 2. The van der Waals surface area contributed by atoms with E-state index in [0.29, 0.717) is 12.3 Å². The van der Waals surface area contributed by atoms with Gasteiger partial charge in [0.25, 0.3) is 0 Å². The number of rotatable bonds is 9. The third-order valence-corrected chi connectivity index (χ3v) is 5.04. The maximum Gasteiger partial charge on any atom is 0.0532 e. The highest BCUT2D eigenvalue weighted by atomic mass is 15.1. The van der Waals surface area contributed by atoms with Crippen molar-refractivity contribution < 1.29 is 0 Å². The Morgan fingerprint density at radius 2 is 1.81 bits per heavy atom. The molecule has 1 atom stereocenters. The van der Waals surface area contributed by atoms with E-state index in [4.69, 9.17) is 5.41 Å². The Hall–Kier alpha value is -2.45. The average molecular weight is 361 g/mol. The Labute approximate surface area is 164 Å². The SMILES string of the molecule is C=CC(C)N(C)CC(=N)c1cc(Cc2ccccc2)ccc1/C(C)=C/CC. The van der Waals surface area contributed by atoms with E-state index in [1.165, 1.54) is 22.3 Å². The van der Waals surface area contributed by atoms with Gasteiger partial charge in [-0.25, -0.2) is 0 Å². The second kappa shape index (κ2) is 10.0. The van der Waals surface area contributed by atoms with Gasteiger partial charge in [-0.2, -0.15) is 0 Å². The fourth-order valence-electron chi connectivity index (χ4n) is 3.20. The van der Waals surface area contributed by atoms with E-state index in [1.807, 2.05) is 19.2 Å². The largest absolute Gasteiger partial charge is 0.303 e. The summed E-state index contributed by atoms with van der Waals surface area (Å²) >= 11 is 0. The third kappa shape index (κ3) is 5.77. The normalized spacial score (nSPS) is 12.9. The lowest BCUT2D eigenvalue weighted by Gasteiger charge is -2.23. The number of hydrogen-bond acceptors (Lipinski definition) is 2. The molecule has 1 unspecified atom stereocenters. The number of hydrogen-bond donors (Lipinski definition) is 1. The summed E-state index contributed by atoms with van der Waals surface area (Å²) in [5, 5.41) is 8.77. The molecule has 0 aliphatic heterocycles. The standard InChI is InChI=1S/C25H32N2/c1-6-11-19(3)23-15-14-22(16-21-12-9-8-10-13-21)17-24(23)25(26)18-27(5)20(4)7-2/h7-15,17,20,26H,2,6,16,18H2,1,3-5H3/b19-11+,26-25?. The van der Waals surface area contributed by atoms with Crippen molar-refractivity contribution in [3.05, 3.63) is 89.5 Å². The van der Waals surface area contributed by atoms with Crippen LogP contribution in [0.1, 0.15) is 49.4 Å². The third-order valence-electron chi connectivity index (χ3n) is 5.04. The zero-order valence-electron chi connectivity index (χ0n) is 17.1. The van der Waals surface area contributed by atoms with Crippen molar-refractivity contribution in [3.63, 3.8) is 0 Å². The van der Waals surface area contributed by atoms with Crippen LogP contribution in [-0.2, 0) is 6.42 Å². The van der Waals surface area contributed by atoms with Crippen molar-refractivity contribution >= 4 is 11.3 Å². The maximum absolute atomic E-state index is 8.77. The monoisotopic (exact) mass is 360 g/mol. The lowest BCUT2D eigenvalue weighted by atomic mass is 9.92. The molecule has 2 rings (SSSR count). The van der Waals surface area contributed by atoms with Gasteiger partial charge in [-0.15, -0.1) is 6.58 Å². The van der Waals surface area contributed by atoms with E-state index < -0.39 is 0 Å². The molecule has 0 saturated heterocycles. The molecule has 27 heavy (non-hydrogen) atoms. The molecule has 2 nitrogen and oxygen atoms in total. The van der Waals surface area contributed by atoms with Crippen LogP contribution in [0.4, 0.5) is 0 Å². The quantitative estimate of drug-likeness (QED) is 0.433. The Morgan fingerprint density at radius 1 is 1.11 bits per heavy atom. The van der Waals surface area contributed by atoms with Gasteiger partial charge in [0.05, 0.1) is 5.71 Å². The van der Waals surface area contributed by atoms with Gasteiger partial charge in [-0.1, -0.05) is 61.5 Å². The minimum atomic E-state index is 0.244. The molecule has 2 heteroatoms. The molecule has 0 amide bonds. The first-order valence-electron chi connectivity index (χ1n) is 9.70. The minimum absolute atomic E-state index is 0.244. The molecule has 1 N–H and O–H groups in total. The van der Waals surface area contributed by atoms with Gasteiger partial charge >= 0.3 is 0 Å². The van der Waals surface area contributed by atoms with Crippen LogP contribution in [0.5, 0.6) is 0 Å². The number of nitrogens with zero attached hydrogens (tertiary/aromatic N) is 1. The van der Waals surface area contributed by atoms with E-state index >= 15 is 0 Å². The predicted octanol–water partition coefficient (Wildman–Crippen LogP) is 5.96. The first-order valence-corrected chi connectivity index (χ1v) is 9.70. The van der Waals surface area contributed by atoms with Crippen LogP contribution in [0.15, 0.2) is 67.3 Å². The van der Waals surface area contributed by atoms with Gasteiger partial charge in [0.15, 0.2) is 0 Å². The fourth-order valence-corrected chi connectivity index (χ4v) is 3.20. The molecule has 0 radical (unpaired) electrons. The second-order valence-electron chi connectivity index (χ2n) is 7.21. The second-order valence-corrected chi connectivity index (χ2v) is 7.21. The van der Waals surface area contributed by atoms with E-state index in [9.17, 15) is 0 Å². The summed E-state index contributed by atoms with van der Waals surface area (Å²) in [4.78, 5) is 2.15. The van der Waals surface area contributed by atoms with E-state index in [2.05, 4.69) is 80.8 Å². The average Bonchev–Trinajstić information content (AvgIpc) is 2.68. The van der Waals surface area contributed by atoms with Gasteiger partial charge in [0.2, 0.25) is 0 Å². The Morgan fingerprint density at radius 3 is 2.44 bits per heavy atom. The molecule has 0 spiro atoms. The summed E-state index contributed by atoms with van der Waals surface area (Å²) in [6, 6.07) is 17.3. The van der Waals surface area contributed by atoms with E-state index in [-0.39, 0.29) is 6.04 Å². The molecular weight excluding hydrogens is 328 g/mol. The number of allylic oxidation sites excluding steroid dienone is 2. The van der Waals surface area contributed by atoms with E-state index in [0.717, 1.165) is 18.4 Å². The predicted molar refractivity (Wildman–Crippen MR) is 119 cm³/mol. The lowest BCUT2D eigenvalue weighted by molar-refractivity contribution is 0.339. The zero-order chi connectivity index (χ0) is 19.8. The molecule has 0 fully saturated rings.